The first-order chi connectivity index (χ1) is 6.02. The molecule has 78 valence electrons. The Morgan fingerprint density at radius 1 is 1.08 bits per heavy atom. The third kappa shape index (κ3) is 2.70. The third-order valence-electron chi connectivity index (χ3n) is 3.78. The summed E-state index contributed by atoms with van der Waals surface area (Å²) in [6, 6.07) is 1.56. The van der Waals surface area contributed by atoms with E-state index in [1.807, 2.05) is 0 Å². The van der Waals surface area contributed by atoms with E-state index in [0.29, 0.717) is 6.04 Å². The molecule has 0 aliphatic heterocycles. The SMILES string of the molecule is CC(C)[C@@H]1CC[C@@H](N(C)C(C)C)C1. The van der Waals surface area contributed by atoms with Crippen molar-refractivity contribution in [2.75, 3.05) is 7.05 Å². The topological polar surface area (TPSA) is 3.24 Å². The Hall–Kier alpha value is -0.0400. The summed E-state index contributed by atoms with van der Waals surface area (Å²) in [5.41, 5.74) is 0. The van der Waals surface area contributed by atoms with Crippen LogP contribution in [0.2, 0.25) is 0 Å². The van der Waals surface area contributed by atoms with Gasteiger partial charge in [0.15, 0.2) is 0 Å². The second kappa shape index (κ2) is 4.45. The molecule has 0 bridgehead atoms. The molecule has 0 N–H and O–H groups in total. The number of hydrogen-bond donors (Lipinski definition) is 0. The minimum Gasteiger partial charge on any atom is -0.301 e. The summed E-state index contributed by atoms with van der Waals surface area (Å²) in [4.78, 5) is 2.54. The molecule has 0 amide bonds. The first kappa shape index (κ1) is 11.0. The fourth-order valence-corrected chi connectivity index (χ4v) is 2.39. The van der Waals surface area contributed by atoms with Crippen LogP contribution in [0.25, 0.3) is 0 Å². The van der Waals surface area contributed by atoms with Crippen LogP contribution in [0.4, 0.5) is 0 Å². The van der Waals surface area contributed by atoms with Gasteiger partial charge in [-0.2, -0.15) is 0 Å². The fourth-order valence-electron chi connectivity index (χ4n) is 2.39. The van der Waals surface area contributed by atoms with Crippen molar-refractivity contribution < 1.29 is 0 Å². The lowest BCUT2D eigenvalue weighted by molar-refractivity contribution is 0.190. The highest BCUT2D eigenvalue weighted by molar-refractivity contribution is 4.83. The summed E-state index contributed by atoms with van der Waals surface area (Å²) < 4.78 is 0. The van der Waals surface area contributed by atoms with Gasteiger partial charge in [0.2, 0.25) is 0 Å². The van der Waals surface area contributed by atoms with Gasteiger partial charge in [0.25, 0.3) is 0 Å². The van der Waals surface area contributed by atoms with Crippen molar-refractivity contribution >= 4 is 0 Å². The Morgan fingerprint density at radius 2 is 1.69 bits per heavy atom. The van der Waals surface area contributed by atoms with Crippen molar-refractivity contribution in [2.24, 2.45) is 11.8 Å². The molecule has 0 saturated heterocycles. The zero-order valence-corrected chi connectivity index (χ0v) is 9.88. The number of hydrogen-bond acceptors (Lipinski definition) is 1. The van der Waals surface area contributed by atoms with Crippen LogP contribution in [-0.4, -0.2) is 24.0 Å². The van der Waals surface area contributed by atoms with E-state index in [0.717, 1.165) is 17.9 Å². The van der Waals surface area contributed by atoms with Crippen molar-refractivity contribution in [1.29, 1.82) is 0 Å². The molecule has 0 aromatic heterocycles. The Bertz CT molecular complexity index is 151. The smallest absolute Gasteiger partial charge is 0.00977 e. The predicted octanol–water partition coefficient (Wildman–Crippen LogP) is 3.15. The maximum absolute atomic E-state index is 2.54. The van der Waals surface area contributed by atoms with Gasteiger partial charge in [-0.25, -0.2) is 0 Å². The van der Waals surface area contributed by atoms with Gasteiger partial charge < -0.3 is 4.90 Å². The highest BCUT2D eigenvalue weighted by Crippen LogP contribution is 2.34. The Labute approximate surface area is 83.5 Å². The summed E-state index contributed by atoms with van der Waals surface area (Å²) in [5, 5.41) is 0. The first-order valence-corrected chi connectivity index (χ1v) is 5.74. The van der Waals surface area contributed by atoms with Crippen molar-refractivity contribution in [3.05, 3.63) is 0 Å². The number of rotatable bonds is 3. The molecule has 1 heteroatoms. The molecular formula is C12H25N. The molecule has 0 heterocycles. The van der Waals surface area contributed by atoms with Crippen LogP contribution in [-0.2, 0) is 0 Å². The maximum Gasteiger partial charge on any atom is 0.00977 e. The highest BCUT2D eigenvalue weighted by atomic mass is 15.2. The average Bonchev–Trinajstić information content (AvgIpc) is 2.50. The third-order valence-corrected chi connectivity index (χ3v) is 3.78. The zero-order chi connectivity index (χ0) is 10.0. The monoisotopic (exact) mass is 183 g/mol. The van der Waals surface area contributed by atoms with Crippen molar-refractivity contribution in [2.45, 2.75) is 59.0 Å². The second-order valence-corrected chi connectivity index (χ2v) is 5.23. The fraction of sp³-hybridized carbons (Fsp3) is 1.00. The standard InChI is InChI=1S/C12H25N/c1-9(2)11-6-7-12(8-11)13(5)10(3)4/h9-12H,6-8H2,1-5H3/t11-,12-/m1/s1. The van der Waals surface area contributed by atoms with Crippen LogP contribution in [0.1, 0.15) is 47.0 Å². The van der Waals surface area contributed by atoms with E-state index in [4.69, 9.17) is 0 Å². The van der Waals surface area contributed by atoms with Crippen LogP contribution >= 0.6 is 0 Å². The minimum absolute atomic E-state index is 0.705. The quantitative estimate of drug-likeness (QED) is 0.649. The van der Waals surface area contributed by atoms with Gasteiger partial charge in [0, 0.05) is 12.1 Å². The van der Waals surface area contributed by atoms with Crippen LogP contribution in [0.3, 0.4) is 0 Å². The molecule has 0 radical (unpaired) electrons. The van der Waals surface area contributed by atoms with Gasteiger partial charge in [-0.3, -0.25) is 0 Å². The largest absolute Gasteiger partial charge is 0.301 e. The molecule has 0 aromatic rings. The van der Waals surface area contributed by atoms with Crippen molar-refractivity contribution in [3.8, 4) is 0 Å². The van der Waals surface area contributed by atoms with Gasteiger partial charge in [-0.05, 0) is 52.0 Å². The van der Waals surface area contributed by atoms with Gasteiger partial charge in [0.05, 0.1) is 0 Å². The molecule has 13 heavy (non-hydrogen) atoms. The molecule has 2 atom stereocenters. The zero-order valence-electron chi connectivity index (χ0n) is 9.88. The normalized spacial score (nSPS) is 29.5. The van der Waals surface area contributed by atoms with Gasteiger partial charge in [-0.15, -0.1) is 0 Å². The van der Waals surface area contributed by atoms with Crippen molar-refractivity contribution in [1.82, 2.24) is 4.90 Å². The van der Waals surface area contributed by atoms with Crippen LogP contribution in [0.15, 0.2) is 0 Å². The van der Waals surface area contributed by atoms with E-state index < -0.39 is 0 Å². The first-order valence-electron chi connectivity index (χ1n) is 5.74. The average molecular weight is 183 g/mol. The van der Waals surface area contributed by atoms with E-state index in [-0.39, 0.29) is 0 Å². The predicted molar refractivity (Wildman–Crippen MR) is 58.9 cm³/mol. The summed E-state index contributed by atoms with van der Waals surface area (Å²) in [6.45, 7) is 9.32. The molecule has 1 aliphatic carbocycles. The van der Waals surface area contributed by atoms with Crippen LogP contribution in [0, 0.1) is 11.8 Å². The lowest BCUT2D eigenvalue weighted by Crippen LogP contribution is -2.35. The maximum atomic E-state index is 2.54. The Kier molecular flexibility index (Phi) is 3.78. The molecule has 1 saturated carbocycles. The lowest BCUT2D eigenvalue weighted by Gasteiger charge is -2.28. The molecule has 0 spiro atoms. The molecular weight excluding hydrogens is 158 g/mol. The van der Waals surface area contributed by atoms with E-state index in [1.54, 1.807) is 0 Å². The number of nitrogens with zero attached hydrogens (tertiary/aromatic N) is 1. The summed E-state index contributed by atoms with van der Waals surface area (Å²) in [6.07, 6.45) is 4.28. The molecule has 1 nitrogen and oxygen atoms in total. The van der Waals surface area contributed by atoms with Gasteiger partial charge in [-0.1, -0.05) is 13.8 Å². The van der Waals surface area contributed by atoms with Gasteiger partial charge in [0.1, 0.15) is 0 Å². The molecule has 1 aliphatic rings. The van der Waals surface area contributed by atoms with E-state index in [9.17, 15) is 0 Å². The van der Waals surface area contributed by atoms with E-state index in [2.05, 4.69) is 39.6 Å². The molecule has 1 fully saturated rings. The second-order valence-electron chi connectivity index (χ2n) is 5.23. The van der Waals surface area contributed by atoms with E-state index >= 15 is 0 Å². The van der Waals surface area contributed by atoms with Crippen molar-refractivity contribution in [3.63, 3.8) is 0 Å². The molecule has 0 unspecified atom stereocenters. The molecule has 1 rings (SSSR count). The summed E-state index contributed by atoms with van der Waals surface area (Å²) in [5.74, 6) is 1.86. The highest BCUT2D eigenvalue weighted by Gasteiger charge is 2.29. The summed E-state index contributed by atoms with van der Waals surface area (Å²) >= 11 is 0. The molecule has 0 aromatic carbocycles. The Morgan fingerprint density at radius 3 is 2.08 bits per heavy atom. The summed E-state index contributed by atoms with van der Waals surface area (Å²) in [7, 11) is 2.28. The van der Waals surface area contributed by atoms with Gasteiger partial charge >= 0.3 is 0 Å². The minimum atomic E-state index is 0.705. The Balaban J connectivity index is 2.40. The van der Waals surface area contributed by atoms with E-state index in [1.165, 1.54) is 19.3 Å². The lowest BCUT2D eigenvalue weighted by atomic mass is 9.94. The van der Waals surface area contributed by atoms with Crippen LogP contribution in [0.5, 0.6) is 0 Å². The van der Waals surface area contributed by atoms with Crippen LogP contribution < -0.4 is 0 Å².